The van der Waals surface area contributed by atoms with E-state index in [2.05, 4.69) is 21.2 Å². The Kier molecular flexibility index (Phi) is 10.2. The average Bonchev–Trinajstić information content (AvgIpc) is 2.90. The fraction of sp³-hybridized carbons (Fsp3) is 0.310. The van der Waals surface area contributed by atoms with Crippen molar-refractivity contribution in [3.05, 3.63) is 88.4 Å². The van der Waals surface area contributed by atoms with Crippen molar-refractivity contribution in [2.24, 2.45) is 0 Å². The van der Waals surface area contributed by atoms with E-state index in [1.807, 2.05) is 45.0 Å². The van der Waals surface area contributed by atoms with Crippen LogP contribution in [0.5, 0.6) is 5.75 Å². The minimum Gasteiger partial charge on any atom is -0.497 e. The van der Waals surface area contributed by atoms with E-state index >= 15 is 0 Å². The Morgan fingerprint density at radius 1 is 0.923 bits per heavy atom. The van der Waals surface area contributed by atoms with Crippen molar-refractivity contribution in [3.63, 3.8) is 0 Å². The number of benzene rings is 3. The molecule has 0 bridgehead atoms. The lowest BCUT2D eigenvalue weighted by Crippen LogP contribution is -2.52. The standard InChI is InChI=1S/C29H34BrN3O5S/c1-20(2)31-29(35)22(4)32(18-23-8-10-24(30)11-9-23)28(34)19-33(25-12-14-26(38-5)15-13-25)39(36,37)27-16-6-21(3)7-17-27/h6-17,20,22H,18-19H2,1-5H3,(H,31,35)/t22-/m1/s1. The zero-order chi connectivity index (χ0) is 28.7. The van der Waals surface area contributed by atoms with Crippen LogP contribution in [0.4, 0.5) is 5.69 Å². The number of nitrogens with zero attached hydrogens (tertiary/aromatic N) is 2. The topological polar surface area (TPSA) is 96.0 Å². The summed E-state index contributed by atoms with van der Waals surface area (Å²) in [4.78, 5) is 28.3. The van der Waals surface area contributed by atoms with E-state index in [-0.39, 0.29) is 23.4 Å². The van der Waals surface area contributed by atoms with Crippen LogP contribution in [-0.4, -0.2) is 50.9 Å². The van der Waals surface area contributed by atoms with Crippen molar-refractivity contribution in [2.75, 3.05) is 18.0 Å². The summed E-state index contributed by atoms with van der Waals surface area (Å²) in [7, 11) is -2.61. The van der Waals surface area contributed by atoms with E-state index in [9.17, 15) is 18.0 Å². The van der Waals surface area contributed by atoms with Gasteiger partial charge < -0.3 is 15.0 Å². The summed E-state index contributed by atoms with van der Waals surface area (Å²) in [5.74, 6) is -0.294. The molecule has 0 aliphatic carbocycles. The van der Waals surface area contributed by atoms with E-state index in [0.29, 0.717) is 11.4 Å². The van der Waals surface area contributed by atoms with E-state index < -0.39 is 28.5 Å². The summed E-state index contributed by atoms with van der Waals surface area (Å²) in [5.41, 5.74) is 2.01. The van der Waals surface area contributed by atoms with Gasteiger partial charge in [-0.3, -0.25) is 13.9 Å². The zero-order valence-corrected chi connectivity index (χ0v) is 25.1. The molecule has 39 heavy (non-hydrogen) atoms. The third kappa shape index (κ3) is 7.83. The van der Waals surface area contributed by atoms with Crippen LogP contribution in [0.2, 0.25) is 0 Å². The number of amides is 2. The number of rotatable bonds is 11. The molecule has 0 aliphatic rings. The fourth-order valence-corrected chi connectivity index (χ4v) is 5.57. The lowest BCUT2D eigenvalue weighted by atomic mass is 10.1. The fourth-order valence-electron chi connectivity index (χ4n) is 3.89. The smallest absolute Gasteiger partial charge is 0.264 e. The van der Waals surface area contributed by atoms with Gasteiger partial charge in [0.15, 0.2) is 0 Å². The van der Waals surface area contributed by atoms with Crippen LogP contribution in [0.15, 0.2) is 82.2 Å². The van der Waals surface area contributed by atoms with Crippen molar-refractivity contribution in [1.29, 1.82) is 0 Å². The molecule has 1 N–H and O–H groups in total. The van der Waals surface area contributed by atoms with Crippen LogP contribution in [0, 0.1) is 6.92 Å². The van der Waals surface area contributed by atoms with Gasteiger partial charge in [-0.2, -0.15) is 0 Å². The molecule has 0 fully saturated rings. The van der Waals surface area contributed by atoms with Gasteiger partial charge in [0, 0.05) is 17.1 Å². The lowest BCUT2D eigenvalue weighted by molar-refractivity contribution is -0.139. The molecule has 0 aliphatic heterocycles. The van der Waals surface area contributed by atoms with Crippen LogP contribution in [0.3, 0.4) is 0 Å². The molecule has 10 heteroatoms. The number of nitrogens with one attached hydrogen (secondary N) is 1. The van der Waals surface area contributed by atoms with Crippen LogP contribution < -0.4 is 14.4 Å². The molecule has 208 valence electrons. The maximum Gasteiger partial charge on any atom is 0.264 e. The molecule has 0 spiro atoms. The number of aryl methyl sites for hydroxylation is 1. The molecule has 0 saturated heterocycles. The predicted octanol–water partition coefficient (Wildman–Crippen LogP) is 4.90. The van der Waals surface area contributed by atoms with E-state index in [1.54, 1.807) is 43.3 Å². The average molecular weight is 617 g/mol. The Morgan fingerprint density at radius 2 is 1.51 bits per heavy atom. The number of carbonyl (C=O) groups is 2. The summed E-state index contributed by atoms with van der Waals surface area (Å²) in [5, 5.41) is 2.85. The molecule has 0 heterocycles. The highest BCUT2D eigenvalue weighted by atomic mass is 79.9. The van der Waals surface area contributed by atoms with Gasteiger partial charge in [-0.05, 0) is 81.8 Å². The molecule has 8 nitrogen and oxygen atoms in total. The van der Waals surface area contributed by atoms with Crippen molar-refractivity contribution < 1.29 is 22.7 Å². The summed E-state index contributed by atoms with van der Waals surface area (Å²) >= 11 is 3.41. The molecule has 0 saturated carbocycles. The second kappa shape index (κ2) is 13.1. The van der Waals surface area contributed by atoms with Crippen LogP contribution in [0.1, 0.15) is 31.9 Å². The maximum atomic E-state index is 13.9. The predicted molar refractivity (Wildman–Crippen MR) is 156 cm³/mol. The number of hydrogen-bond donors (Lipinski definition) is 1. The Bertz CT molecular complexity index is 1380. The summed E-state index contributed by atoms with van der Waals surface area (Å²) < 4.78 is 34.9. The first-order valence-corrected chi connectivity index (χ1v) is 14.7. The first-order chi connectivity index (χ1) is 18.4. The van der Waals surface area contributed by atoms with E-state index in [4.69, 9.17) is 4.74 Å². The third-order valence-electron chi connectivity index (χ3n) is 6.11. The maximum absolute atomic E-state index is 13.9. The van der Waals surface area contributed by atoms with Crippen LogP contribution in [0.25, 0.3) is 0 Å². The molecule has 3 rings (SSSR count). The quantitative estimate of drug-likeness (QED) is 0.331. The van der Waals surface area contributed by atoms with Crippen molar-refractivity contribution in [1.82, 2.24) is 10.2 Å². The molecule has 0 aromatic heterocycles. The number of methoxy groups -OCH3 is 1. The second-order valence-corrected chi connectivity index (χ2v) is 12.3. The summed E-state index contributed by atoms with van der Waals surface area (Å²) in [6, 6.07) is 19.3. The molecule has 3 aromatic rings. The monoisotopic (exact) mass is 615 g/mol. The molecule has 1 atom stereocenters. The Balaban J connectivity index is 2.03. The Hall–Kier alpha value is -3.37. The first-order valence-electron chi connectivity index (χ1n) is 12.5. The summed E-state index contributed by atoms with van der Waals surface area (Å²) in [6.45, 7) is 6.81. The SMILES string of the molecule is COc1ccc(N(CC(=O)N(Cc2ccc(Br)cc2)[C@H](C)C(=O)NC(C)C)S(=O)(=O)c2ccc(C)cc2)cc1. The van der Waals surface area contributed by atoms with Gasteiger partial charge in [-0.15, -0.1) is 0 Å². The highest BCUT2D eigenvalue weighted by Crippen LogP contribution is 2.27. The number of anilines is 1. The van der Waals surface area contributed by atoms with Gasteiger partial charge in [-0.1, -0.05) is 45.8 Å². The number of carbonyl (C=O) groups excluding carboxylic acids is 2. The van der Waals surface area contributed by atoms with E-state index in [1.165, 1.54) is 24.1 Å². The minimum atomic E-state index is -4.12. The van der Waals surface area contributed by atoms with Gasteiger partial charge in [0.05, 0.1) is 17.7 Å². The zero-order valence-electron chi connectivity index (χ0n) is 22.7. The second-order valence-electron chi connectivity index (χ2n) is 9.51. The van der Waals surface area contributed by atoms with Gasteiger partial charge in [0.2, 0.25) is 11.8 Å². The highest BCUT2D eigenvalue weighted by molar-refractivity contribution is 9.10. The third-order valence-corrected chi connectivity index (χ3v) is 8.43. The normalized spacial score (nSPS) is 12.1. The molecule has 3 aromatic carbocycles. The largest absolute Gasteiger partial charge is 0.497 e. The van der Waals surface area contributed by atoms with Crippen molar-refractivity contribution in [2.45, 2.75) is 51.2 Å². The first kappa shape index (κ1) is 30.2. The molecule has 0 radical (unpaired) electrons. The van der Waals surface area contributed by atoms with Crippen molar-refractivity contribution in [3.8, 4) is 5.75 Å². The Labute approximate surface area is 239 Å². The lowest BCUT2D eigenvalue weighted by Gasteiger charge is -2.32. The minimum absolute atomic E-state index is 0.0572. The van der Waals surface area contributed by atoms with Crippen molar-refractivity contribution >= 4 is 43.5 Å². The highest BCUT2D eigenvalue weighted by Gasteiger charge is 2.32. The molecular formula is C29H34BrN3O5S. The number of sulfonamides is 1. The molecular weight excluding hydrogens is 582 g/mol. The summed E-state index contributed by atoms with van der Waals surface area (Å²) in [6.07, 6.45) is 0. The van der Waals surface area contributed by atoms with Crippen LogP contribution >= 0.6 is 15.9 Å². The van der Waals surface area contributed by atoms with Gasteiger partial charge in [-0.25, -0.2) is 8.42 Å². The van der Waals surface area contributed by atoms with Gasteiger partial charge in [0.25, 0.3) is 10.0 Å². The van der Waals surface area contributed by atoms with Gasteiger partial charge >= 0.3 is 0 Å². The number of hydrogen-bond acceptors (Lipinski definition) is 5. The Morgan fingerprint density at radius 3 is 2.05 bits per heavy atom. The number of halogens is 1. The van der Waals surface area contributed by atoms with Gasteiger partial charge in [0.1, 0.15) is 18.3 Å². The molecule has 2 amide bonds. The molecule has 0 unspecified atom stereocenters. The van der Waals surface area contributed by atoms with Crippen LogP contribution in [-0.2, 0) is 26.2 Å². The number of ether oxygens (including phenoxy) is 1. The van der Waals surface area contributed by atoms with E-state index in [0.717, 1.165) is 19.9 Å².